The predicted octanol–water partition coefficient (Wildman–Crippen LogP) is 2.09. The fraction of sp³-hybridized carbons (Fsp3) is 0.400. The average molecular weight is 230 g/mol. The summed E-state index contributed by atoms with van der Waals surface area (Å²) >= 11 is 5.88. The molecule has 0 aliphatic heterocycles. The third-order valence-electron chi connectivity index (χ3n) is 1.99. The largest absolute Gasteiger partial charge is 0.480 e. The van der Waals surface area contributed by atoms with Gasteiger partial charge in [-0.3, -0.25) is 0 Å². The van der Waals surface area contributed by atoms with E-state index in [0.717, 1.165) is 5.56 Å². The number of pyridine rings is 1. The molecule has 1 rings (SSSR count). The number of hydrogen-bond donors (Lipinski definition) is 0. The Balaban J connectivity index is 3.28. The van der Waals surface area contributed by atoms with Gasteiger partial charge in [-0.05, 0) is 18.1 Å². The van der Waals surface area contributed by atoms with Crippen molar-refractivity contribution in [3.05, 3.63) is 22.3 Å². The van der Waals surface area contributed by atoms with E-state index in [2.05, 4.69) is 9.72 Å². The molecule has 0 radical (unpaired) electrons. The van der Waals surface area contributed by atoms with E-state index in [-0.39, 0.29) is 5.88 Å². The summed E-state index contributed by atoms with van der Waals surface area (Å²) in [5.74, 6) is -0.297. The minimum Gasteiger partial charge on any atom is -0.480 e. The van der Waals surface area contributed by atoms with Crippen molar-refractivity contribution in [3.8, 4) is 5.88 Å². The van der Waals surface area contributed by atoms with Crippen molar-refractivity contribution in [2.24, 2.45) is 0 Å². The van der Waals surface area contributed by atoms with Crippen LogP contribution < -0.4 is 4.74 Å². The summed E-state index contributed by atoms with van der Waals surface area (Å²) in [6, 6.07) is 1.64. The molecule has 1 aromatic heterocycles. The number of rotatable bonds is 3. The molecule has 0 saturated carbocycles. The Morgan fingerprint density at radius 2 is 2.20 bits per heavy atom. The first-order valence-corrected chi connectivity index (χ1v) is 4.83. The third kappa shape index (κ3) is 2.39. The van der Waals surface area contributed by atoms with Gasteiger partial charge in [0.2, 0.25) is 5.88 Å². The van der Waals surface area contributed by atoms with Crippen molar-refractivity contribution in [2.45, 2.75) is 13.3 Å². The molecule has 15 heavy (non-hydrogen) atoms. The molecular weight excluding hydrogens is 218 g/mol. The number of methoxy groups -OCH3 is 2. The Hall–Kier alpha value is -1.29. The molecule has 1 aromatic rings. The van der Waals surface area contributed by atoms with Crippen molar-refractivity contribution in [1.29, 1.82) is 0 Å². The lowest BCUT2D eigenvalue weighted by molar-refractivity contribution is 0.0596. The molecule has 1 heterocycles. The highest BCUT2D eigenvalue weighted by atomic mass is 35.5. The summed E-state index contributed by atoms with van der Waals surface area (Å²) in [6.45, 7) is 1.93. The van der Waals surface area contributed by atoms with Gasteiger partial charge in [-0.1, -0.05) is 18.5 Å². The highest BCUT2D eigenvalue weighted by Gasteiger charge is 2.16. The van der Waals surface area contributed by atoms with Crippen LogP contribution in [0.25, 0.3) is 0 Å². The molecule has 0 N–H and O–H groups in total. The molecule has 0 aromatic carbocycles. The summed E-state index contributed by atoms with van der Waals surface area (Å²) < 4.78 is 9.57. The molecule has 0 amide bonds. The van der Waals surface area contributed by atoms with E-state index in [1.165, 1.54) is 14.2 Å². The first-order valence-electron chi connectivity index (χ1n) is 4.45. The molecule has 0 aliphatic rings. The fourth-order valence-corrected chi connectivity index (χ4v) is 1.44. The van der Waals surface area contributed by atoms with Crippen molar-refractivity contribution < 1.29 is 14.3 Å². The van der Waals surface area contributed by atoms with Gasteiger partial charge < -0.3 is 9.47 Å². The van der Waals surface area contributed by atoms with Crippen LogP contribution >= 0.6 is 11.6 Å². The van der Waals surface area contributed by atoms with Crippen molar-refractivity contribution >= 4 is 17.6 Å². The second kappa shape index (κ2) is 4.98. The Kier molecular flexibility index (Phi) is 3.91. The van der Waals surface area contributed by atoms with Crippen LogP contribution in [0.15, 0.2) is 6.07 Å². The van der Waals surface area contributed by atoms with Crippen LogP contribution in [-0.2, 0) is 11.2 Å². The zero-order chi connectivity index (χ0) is 11.4. The van der Waals surface area contributed by atoms with Gasteiger partial charge in [-0.15, -0.1) is 0 Å². The first-order chi connectivity index (χ1) is 7.13. The van der Waals surface area contributed by atoms with Crippen LogP contribution in [0.1, 0.15) is 22.8 Å². The maximum absolute atomic E-state index is 11.4. The molecule has 0 saturated heterocycles. The lowest BCUT2D eigenvalue weighted by atomic mass is 10.1. The van der Waals surface area contributed by atoms with Crippen LogP contribution in [0.5, 0.6) is 5.88 Å². The summed E-state index contributed by atoms with van der Waals surface area (Å²) in [5.41, 5.74) is 1.08. The van der Waals surface area contributed by atoms with E-state index >= 15 is 0 Å². The van der Waals surface area contributed by atoms with Crippen LogP contribution in [0.2, 0.25) is 5.15 Å². The predicted molar refractivity (Wildman–Crippen MR) is 56.5 cm³/mol. The molecule has 0 unspecified atom stereocenters. The second-order valence-corrected chi connectivity index (χ2v) is 3.20. The number of nitrogens with zero attached hydrogens (tertiary/aromatic N) is 1. The zero-order valence-corrected chi connectivity index (χ0v) is 9.59. The van der Waals surface area contributed by atoms with Gasteiger partial charge in [0.25, 0.3) is 0 Å². The van der Waals surface area contributed by atoms with Crippen LogP contribution in [0.3, 0.4) is 0 Å². The zero-order valence-electron chi connectivity index (χ0n) is 8.83. The highest BCUT2D eigenvalue weighted by molar-refractivity contribution is 6.30. The number of aromatic nitrogens is 1. The maximum Gasteiger partial charge on any atom is 0.343 e. The SMILES string of the molecule is CCc1cc(C(=O)OC)c(OC)nc1Cl. The number of esters is 1. The van der Waals surface area contributed by atoms with Crippen LogP contribution in [-0.4, -0.2) is 25.2 Å². The number of aryl methyl sites for hydroxylation is 1. The number of carbonyl (C=O) groups excluding carboxylic acids is 1. The molecule has 4 nitrogen and oxygen atoms in total. The van der Waals surface area contributed by atoms with Gasteiger partial charge in [0.15, 0.2) is 0 Å². The van der Waals surface area contributed by atoms with E-state index in [1.807, 2.05) is 6.92 Å². The van der Waals surface area contributed by atoms with Crippen LogP contribution in [0, 0.1) is 0 Å². The lowest BCUT2D eigenvalue weighted by Crippen LogP contribution is -2.07. The smallest absolute Gasteiger partial charge is 0.343 e. The molecule has 0 fully saturated rings. The molecule has 0 atom stereocenters. The first kappa shape index (κ1) is 11.8. The number of carbonyl (C=O) groups is 1. The minimum atomic E-state index is -0.481. The normalized spacial score (nSPS) is 9.87. The molecule has 0 aliphatic carbocycles. The number of ether oxygens (including phenoxy) is 2. The van der Waals surface area contributed by atoms with Gasteiger partial charge in [-0.2, -0.15) is 0 Å². The molecule has 82 valence electrons. The van der Waals surface area contributed by atoms with Gasteiger partial charge in [0.1, 0.15) is 10.7 Å². The summed E-state index contributed by atoms with van der Waals surface area (Å²) in [4.78, 5) is 15.4. The van der Waals surface area contributed by atoms with E-state index in [9.17, 15) is 4.79 Å². The van der Waals surface area contributed by atoms with Crippen molar-refractivity contribution in [2.75, 3.05) is 14.2 Å². The monoisotopic (exact) mass is 229 g/mol. The summed E-state index contributed by atoms with van der Waals surface area (Å²) in [7, 11) is 2.73. The van der Waals surface area contributed by atoms with Gasteiger partial charge in [-0.25, -0.2) is 9.78 Å². The average Bonchev–Trinajstić information content (AvgIpc) is 2.27. The van der Waals surface area contributed by atoms with Gasteiger partial charge in [0, 0.05) is 0 Å². The van der Waals surface area contributed by atoms with Gasteiger partial charge in [0.05, 0.1) is 14.2 Å². The van der Waals surface area contributed by atoms with E-state index < -0.39 is 5.97 Å². The topological polar surface area (TPSA) is 48.4 Å². The third-order valence-corrected chi connectivity index (χ3v) is 2.32. The quantitative estimate of drug-likeness (QED) is 0.588. The molecular formula is C10H12ClNO3. The van der Waals surface area contributed by atoms with Crippen molar-refractivity contribution in [1.82, 2.24) is 4.98 Å². The number of halogens is 1. The Labute approximate surface area is 93.2 Å². The van der Waals surface area contributed by atoms with Crippen LogP contribution in [0.4, 0.5) is 0 Å². The summed E-state index contributed by atoms with van der Waals surface area (Å²) in [5, 5.41) is 0.349. The Morgan fingerprint density at radius 3 is 2.67 bits per heavy atom. The molecule has 5 heteroatoms. The van der Waals surface area contributed by atoms with E-state index in [0.29, 0.717) is 17.1 Å². The van der Waals surface area contributed by atoms with E-state index in [4.69, 9.17) is 16.3 Å². The fourth-order valence-electron chi connectivity index (χ4n) is 1.18. The Bertz CT molecular complexity index is 379. The number of hydrogen-bond acceptors (Lipinski definition) is 4. The van der Waals surface area contributed by atoms with Gasteiger partial charge >= 0.3 is 5.97 Å². The maximum atomic E-state index is 11.4. The second-order valence-electron chi connectivity index (χ2n) is 2.84. The summed E-state index contributed by atoms with van der Waals surface area (Å²) in [6.07, 6.45) is 0.694. The lowest BCUT2D eigenvalue weighted by Gasteiger charge is -2.08. The molecule has 0 spiro atoms. The Morgan fingerprint density at radius 1 is 1.53 bits per heavy atom. The standard InChI is InChI=1S/C10H12ClNO3/c1-4-6-5-7(10(13)15-3)9(14-2)12-8(6)11/h5H,4H2,1-3H3. The highest BCUT2D eigenvalue weighted by Crippen LogP contribution is 2.24. The molecule has 0 bridgehead atoms. The minimum absolute atomic E-state index is 0.184. The van der Waals surface area contributed by atoms with E-state index in [1.54, 1.807) is 6.07 Å². The van der Waals surface area contributed by atoms with Crippen molar-refractivity contribution in [3.63, 3.8) is 0 Å².